The Hall–Kier alpha value is -2.09. The first-order chi connectivity index (χ1) is 11.6. The molecule has 0 aliphatic heterocycles. The van der Waals surface area contributed by atoms with E-state index in [-0.39, 0.29) is 29.8 Å². The van der Waals surface area contributed by atoms with Crippen molar-refractivity contribution in [3.63, 3.8) is 0 Å². The Balaban J connectivity index is 2.51. The Kier molecular flexibility index (Phi) is 7.89. The number of rotatable bonds is 9. The smallest absolute Gasteiger partial charge is 0.338 e. The first-order valence-electron chi connectivity index (χ1n) is 8.11. The van der Waals surface area contributed by atoms with Gasteiger partial charge < -0.3 is 10.1 Å². The zero-order chi connectivity index (χ0) is 19.0. The fourth-order valence-electron chi connectivity index (χ4n) is 2.11. The Morgan fingerprint density at radius 3 is 2.44 bits per heavy atom. The quantitative estimate of drug-likeness (QED) is 0.649. The molecule has 0 bridgehead atoms. The first kappa shape index (κ1) is 21.0. The Morgan fingerprint density at radius 1 is 1.16 bits per heavy atom. The summed E-state index contributed by atoms with van der Waals surface area (Å²) in [5, 5.41) is 2.78. The summed E-state index contributed by atoms with van der Waals surface area (Å²) >= 11 is 0. The monoisotopic (exact) mass is 370 g/mol. The van der Waals surface area contributed by atoms with E-state index in [2.05, 4.69) is 23.9 Å². The van der Waals surface area contributed by atoms with Gasteiger partial charge in [-0.15, -0.1) is 0 Å². The van der Waals surface area contributed by atoms with Gasteiger partial charge in [0.2, 0.25) is 10.0 Å². The maximum Gasteiger partial charge on any atom is 0.338 e. The third-order valence-electron chi connectivity index (χ3n) is 3.32. The number of carbonyl (C=O) groups is 2. The molecule has 0 heterocycles. The van der Waals surface area contributed by atoms with Crippen molar-refractivity contribution >= 4 is 27.6 Å². The van der Waals surface area contributed by atoms with Crippen LogP contribution in [0, 0.1) is 5.92 Å². The maximum absolute atomic E-state index is 12.0. The van der Waals surface area contributed by atoms with Gasteiger partial charge in [0.05, 0.1) is 11.8 Å². The molecule has 0 radical (unpaired) electrons. The van der Waals surface area contributed by atoms with Crippen molar-refractivity contribution < 1.29 is 22.7 Å². The second-order valence-corrected chi connectivity index (χ2v) is 8.22. The standard InChI is InChI=1S/C17H26N2O5S/c1-12(2)8-9-13(3)18-16(20)11-24-17(21)14-6-5-7-15(10-14)19-25(4,22)23/h5-7,10,12-13,19H,8-9,11H2,1-4H3,(H,18,20). The van der Waals surface area contributed by atoms with E-state index in [0.717, 1.165) is 19.1 Å². The minimum Gasteiger partial charge on any atom is -0.452 e. The van der Waals surface area contributed by atoms with E-state index in [1.54, 1.807) is 0 Å². The highest BCUT2D eigenvalue weighted by Crippen LogP contribution is 2.13. The number of hydrogen-bond acceptors (Lipinski definition) is 5. The van der Waals surface area contributed by atoms with Crippen molar-refractivity contribution in [1.29, 1.82) is 0 Å². The van der Waals surface area contributed by atoms with Crippen molar-refractivity contribution in [3.05, 3.63) is 29.8 Å². The summed E-state index contributed by atoms with van der Waals surface area (Å²) in [6, 6.07) is 5.89. The molecule has 1 unspecified atom stereocenters. The molecule has 25 heavy (non-hydrogen) atoms. The summed E-state index contributed by atoms with van der Waals surface area (Å²) in [5.41, 5.74) is 0.415. The molecular formula is C17H26N2O5S. The molecule has 7 nitrogen and oxygen atoms in total. The highest BCUT2D eigenvalue weighted by molar-refractivity contribution is 7.92. The largest absolute Gasteiger partial charge is 0.452 e. The molecule has 8 heteroatoms. The van der Waals surface area contributed by atoms with Crippen LogP contribution < -0.4 is 10.0 Å². The van der Waals surface area contributed by atoms with Crippen LogP contribution in [0.2, 0.25) is 0 Å². The number of benzene rings is 1. The molecule has 1 atom stereocenters. The molecule has 0 aromatic heterocycles. The molecule has 1 rings (SSSR count). The minimum absolute atomic E-state index is 0.0101. The summed E-state index contributed by atoms with van der Waals surface area (Å²) in [4.78, 5) is 23.8. The third-order valence-corrected chi connectivity index (χ3v) is 3.93. The van der Waals surface area contributed by atoms with Gasteiger partial charge in [0.1, 0.15) is 0 Å². The van der Waals surface area contributed by atoms with Crippen molar-refractivity contribution in [3.8, 4) is 0 Å². The molecule has 140 valence electrons. The molecule has 0 saturated heterocycles. The van der Waals surface area contributed by atoms with Gasteiger partial charge in [-0.2, -0.15) is 0 Å². The summed E-state index contributed by atoms with van der Waals surface area (Å²) in [5.74, 6) is -0.498. The minimum atomic E-state index is -3.44. The molecule has 1 aromatic carbocycles. The van der Waals surface area contributed by atoms with Crippen LogP contribution in [0.4, 0.5) is 5.69 Å². The average molecular weight is 370 g/mol. The number of ether oxygens (including phenoxy) is 1. The van der Waals surface area contributed by atoms with Crippen LogP contribution in [-0.4, -0.2) is 39.2 Å². The van der Waals surface area contributed by atoms with Gasteiger partial charge in [-0.1, -0.05) is 19.9 Å². The van der Waals surface area contributed by atoms with E-state index < -0.39 is 16.0 Å². The second-order valence-electron chi connectivity index (χ2n) is 6.47. The maximum atomic E-state index is 12.0. The summed E-state index contributed by atoms with van der Waals surface area (Å²) < 4.78 is 29.7. The van der Waals surface area contributed by atoms with E-state index in [9.17, 15) is 18.0 Å². The van der Waals surface area contributed by atoms with Gasteiger partial charge in [-0.3, -0.25) is 9.52 Å². The highest BCUT2D eigenvalue weighted by Gasteiger charge is 2.13. The lowest BCUT2D eigenvalue weighted by Crippen LogP contribution is -2.36. The van der Waals surface area contributed by atoms with Crippen LogP contribution in [-0.2, 0) is 19.6 Å². The molecule has 1 amide bonds. The highest BCUT2D eigenvalue weighted by atomic mass is 32.2. The van der Waals surface area contributed by atoms with Gasteiger partial charge in [0.25, 0.3) is 5.91 Å². The lowest BCUT2D eigenvalue weighted by atomic mass is 10.0. The average Bonchev–Trinajstić information content (AvgIpc) is 2.49. The number of carbonyl (C=O) groups excluding carboxylic acids is 2. The third kappa shape index (κ3) is 9.09. The number of anilines is 1. The number of sulfonamides is 1. The molecule has 0 spiro atoms. The zero-order valence-corrected chi connectivity index (χ0v) is 15.9. The van der Waals surface area contributed by atoms with Crippen molar-refractivity contribution in [2.75, 3.05) is 17.6 Å². The van der Waals surface area contributed by atoms with Gasteiger partial charge >= 0.3 is 5.97 Å². The Labute approximate surface area is 149 Å². The summed E-state index contributed by atoms with van der Waals surface area (Å²) in [6.07, 6.45) is 2.88. The molecule has 2 N–H and O–H groups in total. The van der Waals surface area contributed by atoms with Crippen molar-refractivity contribution in [2.24, 2.45) is 5.92 Å². The van der Waals surface area contributed by atoms with Gasteiger partial charge in [-0.05, 0) is 43.9 Å². The van der Waals surface area contributed by atoms with Crippen LogP contribution in [0.5, 0.6) is 0 Å². The fraction of sp³-hybridized carbons (Fsp3) is 0.529. The van der Waals surface area contributed by atoms with E-state index in [0.29, 0.717) is 5.92 Å². The van der Waals surface area contributed by atoms with Crippen LogP contribution in [0.1, 0.15) is 44.0 Å². The van der Waals surface area contributed by atoms with E-state index in [4.69, 9.17) is 4.74 Å². The SMILES string of the molecule is CC(C)CCC(C)NC(=O)COC(=O)c1cccc(NS(C)(=O)=O)c1. The van der Waals surface area contributed by atoms with E-state index in [1.165, 1.54) is 24.3 Å². The van der Waals surface area contributed by atoms with Gasteiger partial charge in [0.15, 0.2) is 6.61 Å². The van der Waals surface area contributed by atoms with Crippen LogP contribution in [0.25, 0.3) is 0 Å². The fourth-order valence-corrected chi connectivity index (χ4v) is 2.67. The van der Waals surface area contributed by atoms with Crippen LogP contribution in [0.3, 0.4) is 0 Å². The number of nitrogens with one attached hydrogen (secondary N) is 2. The second kappa shape index (κ2) is 9.41. The molecule has 1 aromatic rings. The van der Waals surface area contributed by atoms with Crippen molar-refractivity contribution in [2.45, 2.75) is 39.7 Å². The first-order valence-corrected chi connectivity index (χ1v) is 10.0. The summed E-state index contributed by atoms with van der Waals surface area (Å²) in [7, 11) is -3.44. The zero-order valence-electron chi connectivity index (χ0n) is 15.0. The lowest BCUT2D eigenvalue weighted by Gasteiger charge is -2.15. The number of esters is 1. The summed E-state index contributed by atoms with van der Waals surface area (Å²) in [6.45, 7) is 5.75. The molecule has 0 fully saturated rings. The van der Waals surface area contributed by atoms with Gasteiger partial charge in [-0.25, -0.2) is 13.2 Å². The molecule has 0 aliphatic rings. The van der Waals surface area contributed by atoms with Gasteiger partial charge in [0, 0.05) is 11.7 Å². The van der Waals surface area contributed by atoms with Crippen LogP contribution in [0.15, 0.2) is 24.3 Å². The topological polar surface area (TPSA) is 102 Å². The Bertz CT molecular complexity index is 701. The van der Waals surface area contributed by atoms with Crippen molar-refractivity contribution in [1.82, 2.24) is 5.32 Å². The molecular weight excluding hydrogens is 344 g/mol. The normalized spacial score (nSPS) is 12.5. The van der Waals surface area contributed by atoms with E-state index in [1.807, 2.05) is 6.92 Å². The Morgan fingerprint density at radius 2 is 1.84 bits per heavy atom. The number of amides is 1. The molecule has 0 aliphatic carbocycles. The predicted molar refractivity (Wildman–Crippen MR) is 96.9 cm³/mol. The van der Waals surface area contributed by atoms with E-state index >= 15 is 0 Å². The predicted octanol–water partition coefficient (Wildman–Crippen LogP) is 2.16. The molecule has 0 saturated carbocycles. The lowest BCUT2D eigenvalue weighted by molar-refractivity contribution is -0.124. The van der Waals surface area contributed by atoms with Crippen LogP contribution >= 0.6 is 0 Å². The number of hydrogen-bond donors (Lipinski definition) is 2.